The zero-order valence-electron chi connectivity index (χ0n) is 39.3. The number of rotatable bonds is 12. The molecule has 0 aromatic heterocycles. The van der Waals surface area contributed by atoms with Crippen LogP contribution in [0.1, 0.15) is 33.4 Å². The van der Waals surface area contributed by atoms with Crippen molar-refractivity contribution in [3.05, 3.63) is 264 Å². The number of hydrogen-bond donors (Lipinski definition) is 0. The second kappa shape index (κ2) is 26.9. The molecule has 0 heterocycles. The molecule has 0 unspecified atom stereocenters. The molecule has 0 aliphatic carbocycles. The van der Waals surface area contributed by atoms with Gasteiger partial charge in [-0.25, -0.2) is 0 Å². The molecule has 0 atom stereocenters. The fraction of sp³-hybridized carbons (Fsp3) is 0.129. The molecule has 0 nitrogen and oxygen atoms in total. The van der Waals surface area contributed by atoms with Gasteiger partial charge in [-0.3, -0.25) is 0 Å². The van der Waals surface area contributed by atoms with E-state index in [1.807, 2.05) is 0 Å². The van der Waals surface area contributed by atoms with Crippen molar-refractivity contribution in [2.24, 2.45) is 0 Å². The molecule has 0 saturated heterocycles. The van der Waals surface area contributed by atoms with E-state index in [1.54, 1.807) is 0 Å². The normalized spacial score (nSPS) is 10.7. The van der Waals surface area contributed by atoms with E-state index in [4.69, 9.17) is 17.0 Å². The summed E-state index contributed by atoms with van der Waals surface area (Å²) in [6.45, 7) is 8.65. The van der Waals surface area contributed by atoms with Gasteiger partial charge in [0.05, 0.1) is 0 Å². The first-order chi connectivity index (χ1) is 33.3. The number of hydrogen-bond acceptors (Lipinski definition) is 0. The summed E-state index contributed by atoms with van der Waals surface area (Å²) < 4.78 is 0. The molecular formula is C62H58Cl2S2SiZr+2. The molecule has 6 heteroatoms. The zero-order chi connectivity index (χ0) is 47.5. The van der Waals surface area contributed by atoms with Crippen LogP contribution in [0.5, 0.6) is 0 Å². The van der Waals surface area contributed by atoms with Gasteiger partial charge in [-0.2, -0.15) is 12.1 Å². The van der Waals surface area contributed by atoms with Crippen LogP contribution in [0.25, 0.3) is 43.8 Å². The first kappa shape index (κ1) is 51.2. The van der Waals surface area contributed by atoms with Crippen molar-refractivity contribution < 1.29 is 20.8 Å². The van der Waals surface area contributed by atoms with Gasteiger partial charge in [0.1, 0.15) is 23.0 Å². The van der Waals surface area contributed by atoms with E-state index in [2.05, 4.69) is 257 Å². The summed E-state index contributed by atoms with van der Waals surface area (Å²) in [7, 11) is 11.2. The molecule has 0 spiro atoms. The third-order valence-electron chi connectivity index (χ3n) is 11.5. The fourth-order valence-electron chi connectivity index (χ4n) is 8.46. The molecule has 10 rings (SSSR count). The van der Waals surface area contributed by atoms with Crippen LogP contribution < -0.4 is 0 Å². The van der Waals surface area contributed by atoms with Crippen LogP contribution in [0, 0.1) is 13.8 Å². The van der Waals surface area contributed by atoms with Crippen molar-refractivity contribution in [1.29, 1.82) is 0 Å². The van der Waals surface area contributed by atoms with E-state index in [0.29, 0.717) is 0 Å². The van der Waals surface area contributed by atoms with Crippen LogP contribution in [0.2, 0.25) is 13.1 Å². The van der Waals surface area contributed by atoms with Crippen LogP contribution in [0.15, 0.2) is 240 Å². The summed E-state index contributed by atoms with van der Waals surface area (Å²) in [5.41, 5.74) is 13.5. The molecule has 10 aromatic rings. The van der Waals surface area contributed by atoms with Crippen molar-refractivity contribution in [3.8, 4) is 22.3 Å². The second-order valence-electron chi connectivity index (χ2n) is 16.8. The molecule has 0 aliphatic rings. The van der Waals surface area contributed by atoms with Gasteiger partial charge in [-0.15, -0.1) is 69.1 Å². The molecule has 10 aromatic carbocycles. The Morgan fingerprint density at radius 3 is 0.956 bits per heavy atom. The van der Waals surface area contributed by atoms with Crippen molar-refractivity contribution in [3.63, 3.8) is 0 Å². The summed E-state index contributed by atoms with van der Waals surface area (Å²) in [4.78, 5) is 2.87. The quantitative estimate of drug-likeness (QED) is 0.0650. The molecule has 0 amide bonds. The van der Waals surface area contributed by atoms with Gasteiger partial charge in [-0.1, -0.05) is 196 Å². The minimum atomic E-state index is -0.826. The number of halogens is 2. The molecule has 68 heavy (non-hydrogen) atoms. The Morgan fingerprint density at radius 1 is 0.397 bits per heavy atom. The first-order valence-corrected chi connectivity index (χ1v) is 34.4. The monoisotopic (exact) mass is 1050 g/mol. The predicted octanol–water partition coefficient (Wildman–Crippen LogP) is 18.0. The topological polar surface area (TPSA) is 0 Å². The standard InChI is InChI=1S/2C30H26S.C2H6Si.2ClH.Zr/c2*1-23-19-27-13-8-14-29(30(27)20-23)26-15-17-28(18-16-26)31(21-24-9-4-2-5-10-24)22-25-11-6-3-7-12-25;1-3-2;;;/h2*2-20H,21-22H2,1H3;1-2H3;2*1H;/q;;;;;+4/p-2. The third-order valence-corrected chi connectivity index (χ3v) is 16.1. The van der Waals surface area contributed by atoms with E-state index < -0.39 is 20.8 Å². The Morgan fingerprint density at radius 2 is 0.676 bits per heavy atom. The van der Waals surface area contributed by atoms with Gasteiger partial charge in [0, 0.05) is 53.6 Å². The van der Waals surface area contributed by atoms with Crippen LogP contribution in [-0.4, -0.2) is 9.52 Å². The number of benzene rings is 8. The van der Waals surface area contributed by atoms with Crippen molar-refractivity contribution in [1.82, 2.24) is 0 Å². The summed E-state index contributed by atoms with van der Waals surface area (Å²) in [6.07, 6.45) is 0. The molecule has 0 N–H and O–H groups in total. The van der Waals surface area contributed by atoms with Crippen LogP contribution in [-0.2, 0) is 65.6 Å². The Bertz CT molecular complexity index is 2720. The second-order valence-corrected chi connectivity index (χ2v) is 25.6. The van der Waals surface area contributed by atoms with Gasteiger partial charge >= 0.3 is 37.9 Å². The minimum absolute atomic E-state index is 0.123. The predicted molar refractivity (Wildman–Crippen MR) is 300 cm³/mol. The summed E-state index contributed by atoms with van der Waals surface area (Å²) >= 11 is -0.826. The number of aryl methyl sites for hydroxylation is 2. The Kier molecular flexibility index (Phi) is 20.3. The van der Waals surface area contributed by atoms with Crippen LogP contribution >= 0.6 is 17.0 Å². The Labute approximate surface area is 432 Å². The van der Waals surface area contributed by atoms with Gasteiger partial charge in [-0.05, 0) is 35.4 Å². The Balaban J connectivity index is 0.000000181. The third kappa shape index (κ3) is 14.7. The van der Waals surface area contributed by atoms with E-state index in [1.165, 1.54) is 87.0 Å². The molecule has 0 fully saturated rings. The average Bonchev–Trinajstić information content (AvgIpc) is 3.96. The van der Waals surface area contributed by atoms with Gasteiger partial charge in [0.15, 0.2) is 9.79 Å². The van der Waals surface area contributed by atoms with E-state index in [9.17, 15) is 0 Å². The van der Waals surface area contributed by atoms with Gasteiger partial charge in [0.25, 0.3) is 0 Å². The maximum absolute atomic E-state index is 4.93. The van der Waals surface area contributed by atoms with E-state index in [-0.39, 0.29) is 21.8 Å². The molecule has 0 aliphatic heterocycles. The van der Waals surface area contributed by atoms with Crippen molar-refractivity contribution in [2.45, 2.75) is 59.7 Å². The maximum atomic E-state index is 4.93. The molecule has 338 valence electrons. The fourth-order valence-corrected chi connectivity index (χ4v) is 12.8. The SMILES string of the molecule is C[Si]C.Cc1cc2c(-c3ccc([S+](Cc4ccccc4)Cc4ccccc4)cc3)cccc2[cH-]1.Cc1cc2c(-c3ccc([S+](Cc4ccccc4)Cc4ccccc4)cc3)cccc2[cH-]1.[Cl][Zr+2][Cl]. The molecular weight excluding hydrogens is 999 g/mol. The average molecular weight is 1060 g/mol. The first-order valence-electron chi connectivity index (χ1n) is 22.9. The van der Waals surface area contributed by atoms with Crippen LogP contribution in [0.4, 0.5) is 0 Å². The zero-order valence-corrected chi connectivity index (χ0v) is 45.9. The van der Waals surface area contributed by atoms with Gasteiger partial charge < -0.3 is 0 Å². The van der Waals surface area contributed by atoms with E-state index in [0.717, 1.165) is 32.5 Å². The van der Waals surface area contributed by atoms with Crippen molar-refractivity contribution >= 4 is 69.9 Å². The molecule has 2 radical (unpaired) electrons. The summed E-state index contributed by atoms with van der Waals surface area (Å²) in [5.74, 6) is 4.30. The van der Waals surface area contributed by atoms with Crippen molar-refractivity contribution in [2.75, 3.05) is 0 Å². The van der Waals surface area contributed by atoms with Crippen LogP contribution in [0.3, 0.4) is 0 Å². The van der Waals surface area contributed by atoms with Gasteiger partial charge in [0.2, 0.25) is 0 Å². The van der Waals surface area contributed by atoms with E-state index >= 15 is 0 Å². The summed E-state index contributed by atoms with van der Waals surface area (Å²) in [5, 5.41) is 5.35. The Hall–Kier alpha value is -4.64. The molecule has 0 saturated carbocycles. The number of fused-ring (bicyclic) bond motifs is 2. The summed E-state index contributed by atoms with van der Waals surface area (Å²) in [6, 6.07) is 84.5. The molecule has 0 bridgehead atoms.